The summed E-state index contributed by atoms with van der Waals surface area (Å²) in [7, 11) is 1.50. The molecule has 0 aliphatic rings. The van der Waals surface area contributed by atoms with E-state index < -0.39 is 0 Å². The molecular formula is C14H12FN3O. The van der Waals surface area contributed by atoms with Crippen molar-refractivity contribution in [1.29, 1.82) is 0 Å². The number of hydrogen-bond donors (Lipinski definition) is 1. The molecule has 0 unspecified atom stereocenters. The molecule has 0 saturated heterocycles. The Labute approximate surface area is 109 Å². The van der Waals surface area contributed by atoms with Gasteiger partial charge in [-0.05, 0) is 31.2 Å². The number of nitrogens with one attached hydrogen (secondary N) is 1. The third-order valence-electron chi connectivity index (χ3n) is 2.92. The van der Waals surface area contributed by atoms with Crippen molar-refractivity contribution < 1.29 is 9.13 Å². The van der Waals surface area contributed by atoms with Crippen LogP contribution in [0.2, 0.25) is 0 Å². The van der Waals surface area contributed by atoms with Gasteiger partial charge in [0.2, 0.25) is 0 Å². The van der Waals surface area contributed by atoms with E-state index in [2.05, 4.69) is 15.0 Å². The maximum Gasteiger partial charge on any atom is 0.178 e. The van der Waals surface area contributed by atoms with E-state index in [0.717, 1.165) is 11.2 Å². The second kappa shape index (κ2) is 4.35. The molecule has 0 amide bonds. The minimum absolute atomic E-state index is 0.380. The molecule has 0 fully saturated rings. The number of pyridine rings is 1. The van der Waals surface area contributed by atoms with Crippen LogP contribution in [0.3, 0.4) is 0 Å². The number of fused-ring (bicyclic) bond motifs is 1. The lowest BCUT2D eigenvalue weighted by Crippen LogP contribution is -1.89. The minimum atomic E-state index is -0.380. The van der Waals surface area contributed by atoms with Gasteiger partial charge in [-0.2, -0.15) is 0 Å². The van der Waals surface area contributed by atoms with Gasteiger partial charge in [-0.3, -0.25) is 0 Å². The zero-order valence-electron chi connectivity index (χ0n) is 10.6. The maximum absolute atomic E-state index is 14.0. The van der Waals surface area contributed by atoms with Crippen LogP contribution in [-0.2, 0) is 0 Å². The van der Waals surface area contributed by atoms with Crippen LogP contribution in [0.1, 0.15) is 5.69 Å². The van der Waals surface area contributed by atoms with Gasteiger partial charge in [-0.25, -0.2) is 14.4 Å². The number of halogens is 1. The fourth-order valence-corrected chi connectivity index (χ4v) is 1.93. The molecule has 4 nitrogen and oxygen atoms in total. The molecule has 96 valence electrons. The molecule has 1 aromatic carbocycles. The number of hydrogen-bond acceptors (Lipinski definition) is 3. The monoisotopic (exact) mass is 257 g/mol. The summed E-state index contributed by atoms with van der Waals surface area (Å²) in [5, 5.41) is 0. The number of methoxy groups -OCH3 is 1. The first kappa shape index (κ1) is 11.6. The standard InChI is InChI=1S/C14H12FN3O/c1-8-3-6-12-14(16-8)18-13(17-12)10-5-4-9(19-2)7-11(10)15/h3-7H,1-2H3,(H,16,17,18). The fourth-order valence-electron chi connectivity index (χ4n) is 1.93. The molecular weight excluding hydrogens is 245 g/mol. The molecule has 1 N–H and O–H groups in total. The summed E-state index contributed by atoms with van der Waals surface area (Å²) in [6, 6.07) is 8.44. The maximum atomic E-state index is 14.0. The van der Waals surface area contributed by atoms with Gasteiger partial charge in [0.15, 0.2) is 5.65 Å². The molecule has 19 heavy (non-hydrogen) atoms. The van der Waals surface area contributed by atoms with Crippen molar-refractivity contribution in [3.63, 3.8) is 0 Å². The summed E-state index contributed by atoms with van der Waals surface area (Å²) in [6.07, 6.45) is 0. The first-order chi connectivity index (χ1) is 9.17. The first-order valence-corrected chi connectivity index (χ1v) is 5.84. The van der Waals surface area contributed by atoms with Crippen LogP contribution >= 0.6 is 0 Å². The Hall–Kier alpha value is -2.43. The molecule has 0 saturated carbocycles. The van der Waals surface area contributed by atoms with Crippen LogP contribution < -0.4 is 4.74 Å². The van der Waals surface area contributed by atoms with E-state index in [1.807, 2.05) is 19.1 Å². The first-order valence-electron chi connectivity index (χ1n) is 5.84. The molecule has 0 spiro atoms. The predicted molar refractivity (Wildman–Crippen MR) is 70.6 cm³/mol. The van der Waals surface area contributed by atoms with Gasteiger partial charge in [-0.15, -0.1) is 0 Å². The number of H-pyrrole nitrogens is 1. The van der Waals surface area contributed by atoms with E-state index in [1.165, 1.54) is 13.2 Å². The summed E-state index contributed by atoms with van der Waals surface area (Å²) >= 11 is 0. The van der Waals surface area contributed by atoms with Gasteiger partial charge in [0.05, 0.1) is 18.2 Å². The van der Waals surface area contributed by atoms with Gasteiger partial charge in [-0.1, -0.05) is 0 Å². The molecule has 2 heterocycles. The van der Waals surface area contributed by atoms with Gasteiger partial charge >= 0.3 is 0 Å². The molecule has 0 atom stereocenters. The highest BCUT2D eigenvalue weighted by Gasteiger charge is 2.11. The minimum Gasteiger partial charge on any atom is -0.497 e. The Balaban J connectivity index is 2.13. The molecule has 3 aromatic rings. The number of nitrogens with zero attached hydrogens (tertiary/aromatic N) is 2. The van der Waals surface area contributed by atoms with Gasteiger partial charge in [0, 0.05) is 11.8 Å². The number of aromatic amines is 1. The lowest BCUT2D eigenvalue weighted by molar-refractivity contribution is 0.411. The molecule has 5 heteroatoms. The number of imidazole rings is 1. The normalized spacial score (nSPS) is 10.9. The number of aromatic nitrogens is 3. The number of benzene rings is 1. The third kappa shape index (κ3) is 2.03. The highest BCUT2D eigenvalue weighted by atomic mass is 19.1. The van der Waals surface area contributed by atoms with Crippen LogP contribution in [0.15, 0.2) is 30.3 Å². The third-order valence-corrected chi connectivity index (χ3v) is 2.92. The molecule has 0 radical (unpaired) electrons. The van der Waals surface area contributed by atoms with Crippen LogP contribution in [0.5, 0.6) is 5.75 Å². The molecule has 0 bridgehead atoms. The van der Waals surface area contributed by atoms with Gasteiger partial charge < -0.3 is 9.72 Å². The van der Waals surface area contributed by atoms with Crippen LogP contribution in [0.25, 0.3) is 22.6 Å². The van der Waals surface area contributed by atoms with E-state index in [0.29, 0.717) is 22.8 Å². The highest BCUT2D eigenvalue weighted by molar-refractivity contribution is 5.76. The SMILES string of the molecule is COc1ccc(-c2nc3nc(C)ccc3[nH]2)c(F)c1. The lowest BCUT2D eigenvalue weighted by atomic mass is 10.2. The number of aryl methyl sites for hydroxylation is 1. The average molecular weight is 257 g/mol. The zero-order chi connectivity index (χ0) is 13.4. The van der Waals surface area contributed by atoms with Crippen molar-refractivity contribution >= 4 is 11.2 Å². The molecule has 2 aromatic heterocycles. The van der Waals surface area contributed by atoms with Crippen LogP contribution in [0.4, 0.5) is 4.39 Å². The van der Waals surface area contributed by atoms with Crippen molar-refractivity contribution in [3.05, 3.63) is 41.8 Å². The lowest BCUT2D eigenvalue weighted by Gasteiger charge is -2.02. The largest absolute Gasteiger partial charge is 0.497 e. The van der Waals surface area contributed by atoms with Crippen molar-refractivity contribution in [2.45, 2.75) is 6.92 Å². The molecule has 0 aliphatic heterocycles. The van der Waals surface area contributed by atoms with E-state index in [-0.39, 0.29) is 5.82 Å². The quantitative estimate of drug-likeness (QED) is 0.767. The van der Waals surface area contributed by atoms with E-state index in [1.54, 1.807) is 12.1 Å². The smallest absolute Gasteiger partial charge is 0.178 e. The Bertz CT molecular complexity index is 752. The fraction of sp³-hybridized carbons (Fsp3) is 0.143. The van der Waals surface area contributed by atoms with Gasteiger partial charge in [0.25, 0.3) is 0 Å². The van der Waals surface area contributed by atoms with E-state index in [4.69, 9.17) is 4.74 Å². The highest BCUT2D eigenvalue weighted by Crippen LogP contribution is 2.25. The van der Waals surface area contributed by atoms with E-state index in [9.17, 15) is 4.39 Å². The van der Waals surface area contributed by atoms with Gasteiger partial charge in [0.1, 0.15) is 17.4 Å². The Morgan fingerprint density at radius 1 is 1.16 bits per heavy atom. The Kier molecular flexibility index (Phi) is 2.67. The predicted octanol–water partition coefficient (Wildman–Crippen LogP) is 3.08. The van der Waals surface area contributed by atoms with Crippen LogP contribution in [-0.4, -0.2) is 22.1 Å². The summed E-state index contributed by atoms with van der Waals surface area (Å²) in [5.74, 6) is 0.565. The number of rotatable bonds is 2. The molecule has 3 rings (SSSR count). The number of ether oxygens (including phenoxy) is 1. The Morgan fingerprint density at radius 2 is 2.00 bits per heavy atom. The zero-order valence-corrected chi connectivity index (χ0v) is 10.6. The second-order valence-corrected chi connectivity index (χ2v) is 4.25. The topological polar surface area (TPSA) is 50.8 Å². The average Bonchev–Trinajstić information content (AvgIpc) is 2.81. The van der Waals surface area contributed by atoms with E-state index >= 15 is 0 Å². The second-order valence-electron chi connectivity index (χ2n) is 4.25. The van der Waals surface area contributed by atoms with Crippen molar-refractivity contribution in [2.24, 2.45) is 0 Å². The summed E-state index contributed by atoms with van der Waals surface area (Å²) < 4.78 is 18.9. The van der Waals surface area contributed by atoms with Crippen LogP contribution in [0, 0.1) is 12.7 Å². The van der Waals surface area contributed by atoms with Crippen molar-refractivity contribution in [3.8, 4) is 17.1 Å². The summed E-state index contributed by atoms with van der Waals surface area (Å²) in [4.78, 5) is 11.7. The van der Waals surface area contributed by atoms with Crippen molar-refractivity contribution in [1.82, 2.24) is 15.0 Å². The Morgan fingerprint density at radius 3 is 2.74 bits per heavy atom. The summed E-state index contributed by atoms with van der Waals surface area (Å²) in [5.41, 5.74) is 2.65. The van der Waals surface area contributed by atoms with Crippen molar-refractivity contribution in [2.75, 3.05) is 7.11 Å². The molecule has 0 aliphatic carbocycles. The summed E-state index contributed by atoms with van der Waals surface area (Å²) in [6.45, 7) is 1.89.